The number of nitrogens with one attached hydrogen (secondary N) is 1. The summed E-state index contributed by atoms with van der Waals surface area (Å²) in [6, 6.07) is 16.9. The van der Waals surface area contributed by atoms with Gasteiger partial charge in [-0.05, 0) is 93.1 Å². The number of amides is 2. The van der Waals surface area contributed by atoms with Gasteiger partial charge in [0, 0.05) is 18.7 Å². The second-order valence-electron chi connectivity index (χ2n) is 10.3. The maximum absolute atomic E-state index is 14.1. The van der Waals surface area contributed by atoms with Gasteiger partial charge in [0.05, 0.1) is 38.4 Å². The van der Waals surface area contributed by atoms with Crippen molar-refractivity contribution in [3.05, 3.63) is 82.4 Å². The molecule has 3 aromatic rings. The van der Waals surface area contributed by atoms with Crippen LogP contribution in [0.3, 0.4) is 0 Å². The molecular formula is C34H40N2O6. The van der Waals surface area contributed by atoms with Gasteiger partial charge in [0.2, 0.25) is 5.91 Å². The van der Waals surface area contributed by atoms with Crippen molar-refractivity contribution in [2.45, 2.75) is 52.5 Å². The third-order valence-corrected chi connectivity index (χ3v) is 7.79. The summed E-state index contributed by atoms with van der Waals surface area (Å²) >= 11 is 0. The van der Waals surface area contributed by atoms with Crippen LogP contribution in [0.4, 0.5) is 0 Å². The monoisotopic (exact) mass is 572 g/mol. The molecule has 0 saturated carbocycles. The summed E-state index contributed by atoms with van der Waals surface area (Å²) in [4.78, 5) is 29.6. The summed E-state index contributed by atoms with van der Waals surface area (Å²) in [5.41, 5.74) is 4.38. The Kier molecular flexibility index (Phi) is 9.20. The van der Waals surface area contributed by atoms with Gasteiger partial charge in [-0.2, -0.15) is 0 Å². The number of fused-ring (bicyclic) bond motifs is 4. The minimum atomic E-state index is -0.565. The van der Waals surface area contributed by atoms with Crippen LogP contribution in [0.1, 0.15) is 72.3 Å². The third-order valence-electron chi connectivity index (χ3n) is 7.79. The van der Waals surface area contributed by atoms with Gasteiger partial charge in [0.1, 0.15) is 0 Å². The summed E-state index contributed by atoms with van der Waals surface area (Å²) in [5.74, 6) is 2.02. The highest BCUT2D eigenvalue weighted by atomic mass is 16.5. The van der Waals surface area contributed by atoms with E-state index in [0.29, 0.717) is 80.9 Å². The Morgan fingerprint density at radius 3 is 2.17 bits per heavy atom. The van der Waals surface area contributed by atoms with Crippen LogP contribution in [-0.2, 0) is 17.6 Å². The molecule has 0 radical (unpaired) electrons. The van der Waals surface area contributed by atoms with Crippen LogP contribution in [-0.4, -0.2) is 56.2 Å². The maximum atomic E-state index is 14.1. The molecule has 2 atom stereocenters. The van der Waals surface area contributed by atoms with E-state index in [0.717, 1.165) is 22.3 Å². The first-order valence-electron chi connectivity index (χ1n) is 15.0. The fourth-order valence-electron chi connectivity index (χ4n) is 6.04. The van der Waals surface area contributed by atoms with Crippen molar-refractivity contribution in [1.82, 2.24) is 10.2 Å². The number of benzene rings is 3. The molecule has 0 fully saturated rings. The predicted molar refractivity (Wildman–Crippen MR) is 161 cm³/mol. The molecule has 2 heterocycles. The van der Waals surface area contributed by atoms with Crippen molar-refractivity contribution < 1.29 is 28.5 Å². The smallest absolute Gasteiger partial charge is 0.254 e. The zero-order chi connectivity index (χ0) is 29.6. The van der Waals surface area contributed by atoms with Gasteiger partial charge in [-0.3, -0.25) is 9.59 Å². The Balaban J connectivity index is 1.44. The minimum Gasteiger partial charge on any atom is -0.490 e. The summed E-state index contributed by atoms with van der Waals surface area (Å²) in [6.07, 6.45) is 1.31. The Morgan fingerprint density at radius 2 is 1.45 bits per heavy atom. The topological polar surface area (TPSA) is 86.3 Å². The number of ether oxygens (including phenoxy) is 4. The van der Waals surface area contributed by atoms with Crippen LogP contribution in [0.5, 0.6) is 23.0 Å². The van der Waals surface area contributed by atoms with Gasteiger partial charge in [-0.15, -0.1) is 0 Å². The summed E-state index contributed by atoms with van der Waals surface area (Å²) in [5, 5.41) is 3.18. The Hall–Kier alpha value is -4.20. The van der Waals surface area contributed by atoms with Crippen LogP contribution < -0.4 is 24.3 Å². The Bertz CT molecular complexity index is 1440. The average molecular weight is 573 g/mol. The van der Waals surface area contributed by atoms with Crippen molar-refractivity contribution in [2.75, 3.05) is 39.5 Å². The molecule has 0 unspecified atom stereocenters. The van der Waals surface area contributed by atoms with Crippen LogP contribution in [0, 0.1) is 0 Å². The van der Waals surface area contributed by atoms with Gasteiger partial charge in [0.15, 0.2) is 23.0 Å². The number of carbonyl (C=O) groups is 2. The molecule has 5 rings (SSSR count). The van der Waals surface area contributed by atoms with Gasteiger partial charge >= 0.3 is 0 Å². The number of hydrogen-bond donors (Lipinski definition) is 1. The van der Waals surface area contributed by atoms with Crippen molar-refractivity contribution in [2.24, 2.45) is 0 Å². The highest BCUT2D eigenvalue weighted by Crippen LogP contribution is 2.48. The molecule has 42 heavy (non-hydrogen) atoms. The molecule has 2 aliphatic heterocycles. The zero-order valence-electron chi connectivity index (χ0n) is 24.9. The normalized spacial score (nSPS) is 17.0. The van der Waals surface area contributed by atoms with Crippen molar-refractivity contribution >= 4 is 11.8 Å². The predicted octanol–water partition coefficient (Wildman–Crippen LogP) is 5.48. The minimum absolute atomic E-state index is 0.0463. The first kappa shape index (κ1) is 29.3. The molecular weight excluding hydrogens is 532 g/mol. The molecule has 8 heteroatoms. The number of hydrogen-bond acceptors (Lipinski definition) is 6. The van der Waals surface area contributed by atoms with Crippen LogP contribution in [0.15, 0.2) is 54.6 Å². The largest absolute Gasteiger partial charge is 0.490 e. The SMILES string of the molecule is CCOc1ccc(CCNC(=O)[C@@H]2c3ccccc3C(=O)N3CCc4cc(OCC)c(OCC)cc4[C@@H]23)cc1OCC. The van der Waals surface area contributed by atoms with Crippen molar-refractivity contribution in [3.63, 3.8) is 0 Å². The Morgan fingerprint density at radius 1 is 0.810 bits per heavy atom. The summed E-state index contributed by atoms with van der Waals surface area (Å²) in [7, 11) is 0. The first-order valence-corrected chi connectivity index (χ1v) is 15.0. The molecule has 0 bridgehead atoms. The lowest BCUT2D eigenvalue weighted by molar-refractivity contribution is -0.124. The van der Waals surface area contributed by atoms with Gasteiger partial charge in [-0.25, -0.2) is 0 Å². The van der Waals surface area contributed by atoms with E-state index in [1.165, 1.54) is 0 Å². The lowest BCUT2D eigenvalue weighted by Gasteiger charge is -2.45. The fourth-order valence-corrected chi connectivity index (χ4v) is 6.04. The molecule has 8 nitrogen and oxygen atoms in total. The van der Waals surface area contributed by atoms with Crippen molar-refractivity contribution in [3.8, 4) is 23.0 Å². The van der Waals surface area contributed by atoms with Gasteiger partial charge in [0.25, 0.3) is 5.91 Å². The Labute approximate surface area is 247 Å². The second kappa shape index (κ2) is 13.2. The fraction of sp³-hybridized carbons (Fsp3) is 0.412. The summed E-state index contributed by atoms with van der Waals surface area (Å²) < 4.78 is 23.3. The number of carbonyl (C=O) groups excluding carboxylic acids is 2. The number of rotatable bonds is 12. The van der Waals surface area contributed by atoms with E-state index in [2.05, 4.69) is 5.32 Å². The number of nitrogens with zero attached hydrogens (tertiary/aromatic N) is 1. The van der Waals surface area contributed by atoms with E-state index in [1.54, 1.807) is 0 Å². The van der Waals surface area contributed by atoms with Crippen LogP contribution >= 0.6 is 0 Å². The summed E-state index contributed by atoms with van der Waals surface area (Å²) in [6.45, 7) is 10.8. The molecule has 1 N–H and O–H groups in total. The molecule has 222 valence electrons. The standard InChI is InChI=1S/C34H40N2O6/c1-5-39-27-14-13-22(19-28(27)40-6-2)15-17-35-33(37)31-24-11-9-10-12-25(24)34(38)36-18-16-23-20-29(41-7-3)30(42-8-4)21-26(23)32(31)36/h9-14,19-21,31-32H,5-8,15-18H2,1-4H3,(H,35,37)/t31-,32+/m1/s1. The molecule has 3 aromatic carbocycles. The second-order valence-corrected chi connectivity index (χ2v) is 10.3. The first-order chi connectivity index (χ1) is 20.5. The molecule has 0 saturated heterocycles. The van der Waals surface area contributed by atoms with E-state index in [-0.39, 0.29) is 11.8 Å². The van der Waals surface area contributed by atoms with E-state index in [1.807, 2.05) is 87.2 Å². The van der Waals surface area contributed by atoms with E-state index < -0.39 is 12.0 Å². The zero-order valence-corrected chi connectivity index (χ0v) is 24.9. The quantitative estimate of drug-likeness (QED) is 0.310. The van der Waals surface area contributed by atoms with Crippen LogP contribution in [0.2, 0.25) is 0 Å². The highest BCUT2D eigenvalue weighted by Gasteiger charge is 2.46. The van der Waals surface area contributed by atoms with Crippen LogP contribution in [0.25, 0.3) is 0 Å². The van der Waals surface area contributed by atoms with E-state index in [9.17, 15) is 9.59 Å². The van der Waals surface area contributed by atoms with E-state index >= 15 is 0 Å². The molecule has 2 aliphatic rings. The lowest BCUT2D eigenvalue weighted by Crippen LogP contribution is -2.50. The third kappa shape index (κ3) is 5.75. The molecule has 0 aliphatic carbocycles. The average Bonchev–Trinajstić information content (AvgIpc) is 2.99. The van der Waals surface area contributed by atoms with Gasteiger partial charge < -0.3 is 29.2 Å². The molecule has 0 spiro atoms. The van der Waals surface area contributed by atoms with Gasteiger partial charge in [-0.1, -0.05) is 24.3 Å². The highest BCUT2D eigenvalue weighted by molar-refractivity contribution is 6.01. The molecule has 0 aromatic heterocycles. The van der Waals surface area contributed by atoms with E-state index in [4.69, 9.17) is 18.9 Å². The maximum Gasteiger partial charge on any atom is 0.254 e. The molecule has 2 amide bonds. The van der Waals surface area contributed by atoms with Crippen molar-refractivity contribution in [1.29, 1.82) is 0 Å². The lowest BCUT2D eigenvalue weighted by atomic mass is 9.75.